The van der Waals surface area contributed by atoms with E-state index in [1.54, 1.807) is 25.2 Å². The highest BCUT2D eigenvalue weighted by Crippen LogP contribution is 2.09. The number of carbonyl (C=O) groups is 1. The third-order valence-electron chi connectivity index (χ3n) is 4.01. The Labute approximate surface area is 139 Å². The van der Waals surface area contributed by atoms with Crippen LogP contribution in [-0.4, -0.2) is 46.5 Å². The van der Waals surface area contributed by atoms with Crippen molar-refractivity contribution in [3.63, 3.8) is 0 Å². The molecule has 7 nitrogen and oxygen atoms in total. The van der Waals surface area contributed by atoms with Crippen LogP contribution < -0.4 is 16.1 Å². The molecule has 3 rings (SSSR count). The molecule has 0 spiro atoms. The number of amides is 1. The first-order chi connectivity index (χ1) is 10.6. The summed E-state index contributed by atoms with van der Waals surface area (Å²) in [6, 6.07) is 7.04. The van der Waals surface area contributed by atoms with Gasteiger partial charge in [-0.1, -0.05) is 12.1 Å². The summed E-state index contributed by atoms with van der Waals surface area (Å²) in [4.78, 5) is 24.6. The highest BCUT2D eigenvalue weighted by atomic mass is 35.5. The number of aliphatic hydroxyl groups is 1. The zero-order valence-electron chi connectivity index (χ0n) is 12.7. The van der Waals surface area contributed by atoms with Gasteiger partial charge in [0.05, 0.1) is 11.6 Å². The molecule has 23 heavy (non-hydrogen) atoms. The molecule has 1 aliphatic heterocycles. The number of aliphatic hydroxyl groups excluding tert-OH is 1. The predicted octanol–water partition coefficient (Wildman–Crippen LogP) is -0.335. The van der Waals surface area contributed by atoms with Crippen LogP contribution in [0.15, 0.2) is 29.1 Å². The van der Waals surface area contributed by atoms with Crippen LogP contribution >= 0.6 is 12.4 Å². The van der Waals surface area contributed by atoms with Crippen molar-refractivity contribution in [2.75, 3.05) is 19.6 Å². The maximum absolute atomic E-state index is 12.4. The smallest absolute Gasteiger partial charge is 0.275 e. The lowest BCUT2D eigenvalue weighted by molar-refractivity contribution is 0.0919. The Hall–Kier alpha value is -1.96. The second kappa shape index (κ2) is 7.08. The van der Waals surface area contributed by atoms with Gasteiger partial charge in [-0.2, -0.15) is 5.10 Å². The van der Waals surface area contributed by atoms with Crippen molar-refractivity contribution in [1.82, 2.24) is 20.4 Å². The molecule has 3 N–H and O–H groups in total. The molecule has 1 aromatic carbocycles. The van der Waals surface area contributed by atoms with Crippen LogP contribution in [0.5, 0.6) is 0 Å². The summed E-state index contributed by atoms with van der Waals surface area (Å²) < 4.78 is 1.53. The molecule has 1 amide bonds. The molecule has 0 radical (unpaired) electrons. The highest BCUT2D eigenvalue weighted by Gasteiger charge is 2.26. The summed E-state index contributed by atoms with van der Waals surface area (Å²) >= 11 is 0. The summed E-state index contributed by atoms with van der Waals surface area (Å²) in [6.45, 7) is 1.48. The van der Waals surface area contributed by atoms with Crippen LogP contribution in [0.1, 0.15) is 10.5 Å². The van der Waals surface area contributed by atoms with E-state index < -0.39 is 12.0 Å². The molecule has 2 aromatic rings. The lowest BCUT2D eigenvalue weighted by atomic mass is 10.1. The number of aromatic nitrogens is 2. The summed E-state index contributed by atoms with van der Waals surface area (Å²) in [5, 5.41) is 20.0. The van der Waals surface area contributed by atoms with Gasteiger partial charge in [-0.05, 0) is 12.1 Å². The SMILES string of the molecule is Cl.Cn1nc(C(=O)NCC2CNCC2O)c(=O)c2ccccc21. The Morgan fingerprint density at radius 2 is 2.17 bits per heavy atom. The van der Waals surface area contributed by atoms with Gasteiger partial charge in [0.15, 0.2) is 5.69 Å². The average molecular weight is 339 g/mol. The van der Waals surface area contributed by atoms with Gasteiger partial charge >= 0.3 is 0 Å². The first-order valence-electron chi connectivity index (χ1n) is 7.21. The van der Waals surface area contributed by atoms with Crippen molar-refractivity contribution in [3.8, 4) is 0 Å². The van der Waals surface area contributed by atoms with E-state index in [0.29, 0.717) is 30.5 Å². The average Bonchev–Trinajstić information content (AvgIpc) is 2.94. The van der Waals surface area contributed by atoms with E-state index in [-0.39, 0.29) is 29.4 Å². The lowest BCUT2D eigenvalue weighted by Gasteiger charge is -2.14. The molecule has 0 saturated carbocycles. The predicted molar refractivity (Wildman–Crippen MR) is 88.9 cm³/mol. The fourth-order valence-electron chi connectivity index (χ4n) is 2.71. The summed E-state index contributed by atoms with van der Waals surface area (Å²) in [5.41, 5.74) is 0.178. The summed E-state index contributed by atoms with van der Waals surface area (Å²) in [7, 11) is 1.70. The van der Waals surface area contributed by atoms with Crippen LogP contribution in [0.4, 0.5) is 0 Å². The topological polar surface area (TPSA) is 96.2 Å². The molecule has 1 aromatic heterocycles. The number of para-hydroxylation sites is 1. The van der Waals surface area contributed by atoms with E-state index in [2.05, 4.69) is 15.7 Å². The molecule has 0 bridgehead atoms. The second-order valence-corrected chi connectivity index (χ2v) is 5.51. The fourth-order valence-corrected chi connectivity index (χ4v) is 2.71. The van der Waals surface area contributed by atoms with Crippen LogP contribution in [0, 0.1) is 5.92 Å². The maximum Gasteiger partial charge on any atom is 0.275 e. The number of halogens is 1. The number of hydrogen-bond acceptors (Lipinski definition) is 5. The van der Waals surface area contributed by atoms with Gasteiger partial charge in [-0.25, -0.2) is 0 Å². The molecule has 0 aliphatic carbocycles. The number of fused-ring (bicyclic) bond motifs is 1. The number of nitrogens with zero attached hydrogens (tertiary/aromatic N) is 2. The van der Waals surface area contributed by atoms with Crippen molar-refractivity contribution in [1.29, 1.82) is 0 Å². The minimum absolute atomic E-state index is 0. The van der Waals surface area contributed by atoms with E-state index in [0.717, 1.165) is 0 Å². The van der Waals surface area contributed by atoms with Crippen LogP contribution in [0.25, 0.3) is 10.9 Å². The molecule has 1 fully saturated rings. The normalized spacial score (nSPS) is 20.3. The van der Waals surface area contributed by atoms with E-state index in [9.17, 15) is 14.7 Å². The Kier molecular flexibility index (Phi) is 5.35. The Balaban J connectivity index is 0.00000192. The molecule has 2 atom stereocenters. The number of benzene rings is 1. The molecule has 1 saturated heterocycles. The van der Waals surface area contributed by atoms with Crippen molar-refractivity contribution >= 4 is 29.2 Å². The van der Waals surface area contributed by atoms with Crippen molar-refractivity contribution in [2.24, 2.45) is 13.0 Å². The quantitative estimate of drug-likeness (QED) is 0.712. The largest absolute Gasteiger partial charge is 0.391 e. The van der Waals surface area contributed by atoms with Crippen molar-refractivity contribution < 1.29 is 9.90 Å². The van der Waals surface area contributed by atoms with Gasteiger partial charge in [-0.3, -0.25) is 14.3 Å². The molecular weight excluding hydrogens is 320 g/mol. The van der Waals surface area contributed by atoms with E-state index in [1.807, 2.05) is 6.07 Å². The molecular formula is C15H19ClN4O3. The standard InChI is InChI=1S/C15H18N4O3.ClH/c1-19-11-5-3-2-4-10(11)14(21)13(18-19)15(22)17-7-9-6-16-8-12(9)20;/h2-5,9,12,16,20H,6-8H2,1H3,(H,17,22);1H. The number of rotatable bonds is 3. The van der Waals surface area contributed by atoms with Gasteiger partial charge < -0.3 is 15.7 Å². The number of β-amino-alcohol motifs (C(OH)–C–C–N with tert-alkyl or cyclic N) is 1. The number of carbonyl (C=O) groups excluding carboxylic acids is 1. The maximum atomic E-state index is 12.4. The Bertz CT molecular complexity index is 777. The third kappa shape index (κ3) is 3.36. The number of aryl methyl sites for hydroxylation is 1. The fraction of sp³-hybridized carbons (Fsp3) is 0.400. The second-order valence-electron chi connectivity index (χ2n) is 5.51. The first kappa shape index (κ1) is 17.4. The summed E-state index contributed by atoms with van der Waals surface area (Å²) in [5.74, 6) is -0.557. The zero-order valence-corrected chi connectivity index (χ0v) is 13.5. The van der Waals surface area contributed by atoms with Crippen molar-refractivity contribution in [3.05, 3.63) is 40.2 Å². The summed E-state index contributed by atoms with van der Waals surface area (Å²) in [6.07, 6.45) is -0.479. The highest BCUT2D eigenvalue weighted by molar-refractivity contribution is 5.95. The monoisotopic (exact) mass is 338 g/mol. The Morgan fingerprint density at radius 3 is 2.87 bits per heavy atom. The van der Waals surface area contributed by atoms with Gasteiger partial charge in [-0.15, -0.1) is 12.4 Å². The van der Waals surface area contributed by atoms with Gasteiger partial charge in [0.25, 0.3) is 5.91 Å². The molecule has 8 heteroatoms. The van der Waals surface area contributed by atoms with Gasteiger partial charge in [0.1, 0.15) is 0 Å². The number of nitrogens with one attached hydrogen (secondary N) is 2. The number of hydrogen-bond donors (Lipinski definition) is 3. The minimum atomic E-state index is -0.509. The van der Waals surface area contributed by atoms with E-state index in [4.69, 9.17) is 0 Å². The van der Waals surface area contributed by atoms with Crippen LogP contribution in [0.2, 0.25) is 0 Å². The van der Waals surface area contributed by atoms with Crippen LogP contribution in [-0.2, 0) is 7.05 Å². The molecule has 1 aliphatic rings. The molecule has 2 heterocycles. The van der Waals surface area contributed by atoms with Crippen molar-refractivity contribution in [2.45, 2.75) is 6.10 Å². The minimum Gasteiger partial charge on any atom is -0.391 e. The van der Waals surface area contributed by atoms with E-state index >= 15 is 0 Å². The van der Waals surface area contributed by atoms with Crippen LogP contribution in [0.3, 0.4) is 0 Å². The molecule has 2 unspecified atom stereocenters. The van der Waals surface area contributed by atoms with Gasteiger partial charge in [0, 0.05) is 38.0 Å². The zero-order chi connectivity index (χ0) is 15.7. The van der Waals surface area contributed by atoms with E-state index in [1.165, 1.54) is 4.68 Å². The first-order valence-corrected chi connectivity index (χ1v) is 7.21. The third-order valence-corrected chi connectivity index (χ3v) is 4.01. The molecule has 124 valence electrons. The van der Waals surface area contributed by atoms with Gasteiger partial charge in [0.2, 0.25) is 5.43 Å². The Morgan fingerprint density at radius 1 is 1.43 bits per heavy atom. The lowest BCUT2D eigenvalue weighted by Crippen LogP contribution is -2.37.